The molecule has 1 aliphatic rings. The molecule has 1 atom stereocenters. The molecule has 1 saturated heterocycles. The van der Waals surface area contributed by atoms with Gasteiger partial charge in [0.2, 0.25) is 0 Å². The zero-order valence-corrected chi connectivity index (χ0v) is 12.3. The lowest BCUT2D eigenvalue weighted by atomic mass is 10.1. The molecule has 0 N–H and O–H groups in total. The van der Waals surface area contributed by atoms with E-state index in [2.05, 4.69) is 28.1 Å². The third-order valence-electron chi connectivity index (χ3n) is 3.81. The number of alkyl halides is 1. The number of likely N-dealkylation sites (tertiary alicyclic amines) is 1. The minimum absolute atomic E-state index is 0.160. The van der Waals surface area contributed by atoms with Crippen molar-refractivity contribution in [3.63, 3.8) is 0 Å². The van der Waals surface area contributed by atoms with Gasteiger partial charge < -0.3 is 4.90 Å². The van der Waals surface area contributed by atoms with Gasteiger partial charge in [0.25, 0.3) is 5.91 Å². The first-order valence-electron chi connectivity index (χ1n) is 6.65. The lowest BCUT2D eigenvalue weighted by Crippen LogP contribution is -2.36. The summed E-state index contributed by atoms with van der Waals surface area (Å²) >= 11 is 3.50. The van der Waals surface area contributed by atoms with Crippen LogP contribution in [0.3, 0.4) is 0 Å². The van der Waals surface area contributed by atoms with Gasteiger partial charge in [-0.25, -0.2) is 0 Å². The maximum absolute atomic E-state index is 12.6. The third kappa shape index (κ3) is 2.39. The topological polar surface area (TPSA) is 20.3 Å². The highest BCUT2D eigenvalue weighted by atomic mass is 79.9. The average molecular weight is 318 g/mol. The maximum atomic E-state index is 12.6. The van der Waals surface area contributed by atoms with Gasteiger partial charge >= 0.3 is 0 Å². The van der Waals surface area contributed by atoms with E-state index in [9.17, 15) is 4.79 Å². The smallest absolute Gasteiger partial charge is 0.254 e. The van der Waals surface area contributed by atoms with Crippen LogP contribution in [0.4, 0.5) is 0 Å². The second kappa shape index (κ2) is 5.33. The molecule has 1 heterocycles. The Labute approximate surface area is 121 Å². The minimum atomic E-state index is 0.160. The van der Waals surface area contributed by atoms with Gasteiger partial charge in [-0.2, -0.15) is 0 Å². The van der Waals surface area contributed by atoms with Crippen LogP contribution in [0.25, 0.3) is 10.8 Å². The Hall–Kier alpha value is -1.35. The molecule has 0 spiro atoms. The Kier molecular flexibility index (Phi) is 3.56. The molecule has 0 bridgehead atoms. The van der Waals surface area contributed by atoms with E-state index in [4.69, 9.17) is 0 Å². The number of amides is 1. The van der Waals surface area contributed by atoms with Crippen molar-refractivity contribution in [1.82, 2.24) is 4.90 Å². The van der Waals surface area contributed by atoms with Crippen molar-refractivity contribution in [1.29, 1.82) is 0 Å². The SMILES string of the molecule is O=C(c1ccc2ccccc2c1)N1CCCC1CBr. The first-order chi connectivity index (χ1) is 9.29. The fourth-order valence-corrected chi connectivity index (χ4v) is 3.42. The van der Waals surface area contributed by atoms with Crippen molar-refractivity contribution in [2.75, 3.05) is 11.9 Å². The van der Waals surface area contributed by atoms with Crippen molar-refractivity contribution in [2.45, 2.75) is 18.9 Å². The van der Waals surface area contributed by atoms with Crippen LogP contribution in [-0.4, -0.2) is 28.7 Å². The number of fused-ring (bicyclic) bond motifs is 1. The van der Waals surface area contributed by atoms with Gasteiger partial charge in [-0.05, 0) is 35.7 Å². The molecule has 1 fully saturated rings. The summed E-state index contributed by atoms with van der Waals surface area (Å²) in [6.07, 6.45) is 2.21. The fraction of sp³-hybridized carbons (Fsp3) is 0.312. The molecule has 0 radical (unpaired) electrons. The van der Waals surface area contributed by atoms with Crippen molar-refractivity contribution in [3.8, 4) is 0 Å². The molecule has 3 rings (SSSR count). The summed E-state index contributed by atoms with van der Waals surface area (Å²) in [6, 6.07) is 14.5. The molecule has 2 aromatic carbocycles. The van der Waals surface area contributed by atoms with Crippen LogP contribution in [0.15, 0.2) is 42.5 Å². The zero-order chi connectivity index (χ0) is 13.2. The molecule has 19 heavy (non-hydrogen) atoms. The monoisotopic (exact) mass is 317 g/mol. The Morgan fingerprint density at radius 2 is 2.00 bits per heavy atom. The van der Waals surface area contributed by atoms with Crippen molar-refractivity contribution in [3.05, 3.63) is 48.0 Å². The van der Waals surface area contributed by atoms with E-state index in [0.717, 1.165) is 35.7 Å². The Balaban J connectivity index is 1.93. The van der Waals surface area contributed by atoms with Gasteiger partial charge in [0.15, 0.2) is 0 Å². The zero-order valence-electron chi connectivity index (χ0n) is 10.7. The number of carbonyl (C=O) groups is 1. The van der Waals surface area contributed by atoms with Crippen molar-refractivity contribution < 1.29 is 4.79 Å². The highest BCUT2D eigenvalue weighted by Crippen LogP contribution is 2.23. The van der Waals surface area contributed by atoms with Crippen LogP contribution in [0.1, 0.15) is 23.2 Å². The Bertz CT molecular complexity index is 610. The highest BCUT2D eigenvalue weighted by molar-refractivity contribution is 9.09. The van der Waals surface area contributed by atoms with E-state index >= 15 is 0 Å². The first-order valence-corrected chi connectivity index (χ1v) is 7.77. The van der Waals surface area contributed by atoms with Crippen LogP contribution < -0.4 is 0 Å². The fourth-order valence-electron chi connectivity index (χ4n) is 2.75. The standard InChI is InChI=1S/C16H16BrNO/c17-11-15-6-3-9-18(15)16(19)14-8-7-12-4-1-2-5-13(12)10-14/h1-2,4-5,7-8,10,15H,3,6,9,11H2. The van der Waals surface area contributed by atoms with E-state index < -0.39 is 0 Å². The van der Waals surface area contributed by atoms with E-state index in [1.165, 1.54) is 5.39 Å². The summed E-state index contributed by atoms with van der Waals surface area (Å²) in [4.78, 5) is 14.6. The predicted octanol–water partition coefficient (Wildman–Crippen LogP) is 3.84. The number of carbonyl (C=O) groups excluding carboxylic acids is 1. The van der Waals surface area contributed by atoms with E-state index in [1.807, 2.05) is 35.2 Å². The summed E-state index contributed by atoms with van der Waals surface area (Å²) in [5, 5.41) is 3.17. The molecule has 0 aromatic heterocycles. The average Bonchev–Trinajstić information content (AvgIpc) is 2.94. The molecule has 98 valence electrons. The molecule has 2 nitrogen and oxygen atoms in total. The Morgan fingerprint density at radius 3 is 2.79 bits per heavy atom. The number of rotatable bonds is 2. The normalized spacial score (nSPS) is 19.0. The second-order valence-corrected chi connectivity index (χ2v) is 5.66. The highest BCUT2D eigenvalue weighted by Gasteiger charge is 2.28. The molecule has 1 amide bonds. The summed E-state index contributed by atoms with van der Waals surface area (Å²) in [5.41, 5.74) is 0.798. The minimum Gasteiger partial charge on any atom is -0.335 e. The van der Waals surface area contributed by atoms with Crippen LogP contribution in [0, 0.1) is 0 Å². The lowest BCUT2D eigenvalue weighted by molar-refractivity contribution is 0.0750. The summed E-state index contributed by atoms with van der Waals surface area (Å²) in [6.45, 7) is 0.877. The molecular weight excluding hydrogens is 302 g/mol. The van der Waals surface area contributed by atoms with Gasteiger partial charge in [-0.15, -0.1) is 0 Å². The first kappa shape index (κ1) is 12.7. The van der Waals surface area contributed by atoms with Crippen LogP contribution in [0.5, 0.6) is 0 Å². The number of hydrogen-bond acceptors (Lipinski definition) is 1. The molecule has 3 heteroatoms. The molecule has 0 aliphatic carbocycles. The van der Waals surface area contributed by atoms with Gasteiger partial charge in [0.05, 0.1) is 0 Å². The molecule has 0 saturated carbocycles. The van der Waals surface area contributed by atoms with E-state index in [1.54, 1.807) is 0 Å². The molecule has 2 aromatic rings. The van der Waals surface area contributed by atoms with Gasteiger partial charge in [0.1, 0.15) is 0 Å². The van der Waals surface area contributed by atoms with Gasteiger partial charge in [0, 0.05) is 23.5 Å². The van der Waals surface area contributed by atoms with Gasteiger partial charge in [-0.1, -0.05) is 46.3 Å². The van der Waals surface area contributed by atoms with Crippen LogP contribution >= 0.6 is 15.9 Å². The third-order valence-corrected chi connectivity index (χ3v) is 4.56. The number of benzene rings is 2. The van der Waals surface area contributed by atoms with Gasteiger partial charge in [-0.3, -0.25) is 4.79 Å². The van der Waals surface area contributed by atoms with E-state index in [0.29, 0.717) is 6.04 Å². The number of nitrogens with zero attached hydrogens (tertiary/aromatic N) is 1. The number of halogens is 1. The number of hydrogen-bond donors (Lipinski definition) is 0. The van der Waals surface area contributed by atoms with Crippen molar-refractivity contribution in [2.24, 2.45) is 0 Å². The molecular formula is C16H16BrNO. The lowest BCUT2D eigenvalue weighted by Gasteiger charge is -2.23. The van der Waals surface area contributed by atoms with E-state index in [-0.39, 0.29) is 5.91 Å². The predicted molar refractivity (Wildman–Crippen MR) is 81.8 cm³/mol. The van der Waals surface area contributed by atoms with Crippen LogP contribution in [-0.2, 0) is 0 Å². The largest absolute Gasteiger partial charge is 0.335 e. The molecule has 1 unspecified atom stereocenters. The Morgan fingerprint density at radius 1 is 1.21 bits per heavy atom. The summed E-state index contributed by atoms with van der Waals surface area (Å²) in [7, 11) is 0. The van der Waals surface area contributed by atoms with Crippen LogP contribution in [0.2, 0.25) is 0 Å². The maximum Gasteiger partial charge on any atom is 0.254 e. The second-order valence-electron chi connectivity index (χ2n) is 5.01. The summed E-state index contributed by atoms with van der Waals surface area (Å²) in [5.74, 6) is 0.160. The summed E-state index contributed by atoms with van der Waals surface area (Å²) < 4.78 is 0. The quantitative estimate of drug-likeness (QED) is 0.771. The van der Waals surface area contributed by atoms with Crippen molar-refractivity contribution >= 4 is 32.6 Å². The molecule has 1 aliphatic heterocycles.